The summed E-state index contributed by atoms with van der Waals surface area (Å²) in [6.45, 7) is 9.63. The number of halogens is 1. The molecule has 2 fully saturated rings. The molecule has 1 saturated heterocycles. The van der Waals surface area contributed by atoms with Crippen molar-refractivity contribution < 1.29 is 4.79 Å². The van der Waals surface area contributed by atoms with Crippen LogP contribution in [0.15, 0.2) is 29.3 Å². The van der Waals surface area contributed by atoms with Crippen LogP contribution in [-0.2, 0) is 11.3 Å². The number of carbonyl (C=O) groups is 1. The Labute approximate surface area is 198 Å². The number of hydrogen-bond donors (Lipinski definition) is 3. The zero-order chi connectivity index (χ0) is 20.8. The van der Waals surface area contributed by atoms with Crippen molar-refractivity contribution in [2.45, 2.75) is 65.1 Å². The third-order valence-corrected chi connectivity index (χ3v) is 6.30. The number of nitrogens with one attached hydrogen (secondary N) is 3. The van der Waals surface area contributed by atoms with Gasteiger partial charge < -0.3 is 16.0 Å². The van der Waals surface area contributed by atoms with Crippen LogP contribution in [0.5, 0.6) is 0 Å². The summed E-state index contributed by atoms with van der Waals surface area (Å²) in [5, 5.41) is 10.1. The van der Waals surface area contributed by atoms with Gasteiger partial charge in [0.2, 0.25) is 5.91 Å². The largest absolute Gasteiger partial charge is 0.352 e. The molecule has 168 valence electrons. The molecule has 1 aromatic carbocycles. The van der Waals surface area contributed by atoms with E-state index in [-0.39, 0.29) is 35.8 Å². The van der Waals surface area contributed by atoms with E-state index in [0.29, 0.717) is 24.5 Å². The molecule has 3 N–H and O–H groups in total. The maximum Gasteiger partial charge on any atom is 0.227 e. The number of hydrogen-bond acceptors (Lipinski definition) is 3. The molecule has 2 atom stereocenters. The highest BCUT2D eigenvalue weighted by atomic mass is 127. The van der Waals surface area contributed by atoms with Crippen molar-refractivity contribution in [3.63, 3.8) is 0 Å². The molecule has 1 aromatic rings. The summed E-state index contributed by atoms with van der Waals surface area (Å²) < 4.78 is 0. The summed E-state index contributed by atoms with van der Waals surface area (Å²) in [6.07, 6.45) is 4.37. The van der Waals surface area contributed by atoms with Gasteiger partial charge in [0, 0.05) is 50.4 Å². The Bertz CT molecular complexity index is 717. The standard InChI is InChI=1S/C23H37N5O.HI/c1-16(2)28-14-17(3)21(15-28)27-23(24-4)25-13-18-8-7-11-20(12-18)26-22(29)19-9-5-6-10-19;/h7-8,11-12,16-17,19,21H,5-6,9-10,13-15H2,1-4H3,(H,26,29)(H2,24,25,27);1H. The van der Waals surface area contributed by atoms with Crippen LogP contribution in [0.3, 0.4) is 0 Å². The van der Waals surface area contributed by atoms with E-state index in [4.69, 9.17) is 0 Å². The van der Waals surface area contributed by atoms with E-state index in [1.165, 1.54) is 12.8 Å². The van der Waals surface area contributed by atoms with Gasteiger partial charge in [0.1, 0.15) is 0 Å². The predicted molar refractivity (Wildman–Crippen MR) is 135 cm³/mol. The maximum absolute atomic E-state index is 12.4. The van der Waals surface area contributed by atoms with Crippen molar-refractivity contribution in [2.24, 2.45) is 16.8 Å². The van der Waals surface area contributed by atoms with E-state index in [2.05, 4.69) is 52.7 Å². The minimum Gasteiger partial charge on any atom is -0.352 e. The summed E-state index contributed by atoms with van der Waals surface area (Å²) in [6, 6.07) is 9.05. The van der Waals surface area contributed by atoms with E-state index in [0.717, 1.165) is 43.1 Å². The molecule has 2 unspecified atom stereocenters. The topological polar surface area (TPSA) is 68.8 Å². The zero-order valence-corrected chi connectivity index (χ0v) is 21.1. The van der Waals surface area contributed by atoms with E-state index in [1.807, 2.05) is 25.2 Å². The highest BCUT2D eigenvalue weighted by molar-refractivity contribution is 14.0. The van der Waals surface area contributed by atoms with Gasteiger partial charge in [-0.2, -0.15) is 0 Å². The normalized spacial score (nSPS) is 22.8. The maximum atomic E-state index is 12.4. The first-order chi connectivity index (χ1) is 14.0. The van der Waals surface area contributed by atoms with E-state index < -0.39 is 0 Å². The summed E-state index contributed by atoms with van der Waals surface area (Å²) in [5.41, 5.74) is 2.00. The smallest absolute Gasteiger partial charge is 0.227 e. The molecule has 1 aliphatic heterocycles. The highest BCUT2D eigenvalue weighted by Gasteiger charge is 2.31. The van der Waals surface area contributed by atoms with Gasteiger partial charge in [-0.25, -0.2) is 0 Å². The second-order valence-electron chi connectivity index (χ2n) is 8.87. The van der Waals surface area contributed by atoms with Crippen molar-refractivity contribution in [1.29, 1.82) is 0 Å². The first-order valence-corrected chi connectivity index (χ1v) is 11.1. The molecule has 1 heterocycles. The Kier molecular flexibility index (Phi) is 9.87. The molecule has 1 saturated carbocycles. The van der Waals surface area contributed by atoms with Gasteiger partial charge in [-0.3, -0.25) is 14.7 Å². The Balaban J connectivity index is 0.00000320. The lowest BCUT2D eigenvalue weighted by molar-refractivity contribution is -0.119. The molecule has 7 heteroatoms. The molecule has 0 aromatic heterocycles. The third kappa shape index (κ3) is 6.83. The first-order valence-electron chi connectivity index (χ1n) is 11.1. The Morgan fingerprint density at radius 1 is 1.23 bits per heavy atom. The second-order valence-corrected chi connectivity index (χ2v) is 8.87. The molecule has 0 bridgehead atoms. The van der Waals surface area contributed by atoms with E-state index in [1.54, 1.807) is 0 Å². The van der Waals surface area contributed by atoms with Crippen molar-refractivity contribution in [3.8, 4) is 0 Å². The van der Waals surface area contributed by atoms with Crippen LogP contribution in [0.4, 0.5) is 5.69 Å². The fourth-order valence-corrected chi connectivity index (χ4v) is 4.36. The Morgan fingerprint density at radius 2 is 1.97 bits per heavy atom. The summed E-state index contributed by atoms with van der Waals surface area (Å²) in [4.78, 5) is 19.3. The Morgan fingerprint density at radius 3 is 2.60 bits per heavy atom. The monoisotopic (exact) mass is 527 g/mol. The minimum atomic E-state index is 0. The van der Waals surface area contributed by atoms with Crippen LogP contribution in [0, 0.1) is 11.8 Å². The average Bonchev–Trinajstić information content (AvgIpc) is 3.36. The minimum absolute atomic E-state index is 0. The van der Waals surface area contributed by atoms with Gasteiger partial charge in [0.05, 0.1) is 0 Å². The fraction of sp³-hybridized carbons (Fsp3) is 0.652. The molecule has 2 aliphatic rings. The van der Waals surface area contributed by atoms with Crippen LogP contribution in [0.1, 0.15) is 52.0 Å². The fourth-order valence-electron chi connectivity index (χ4n) is 4.36. The first kappa shape index (κ1) is 24.9. The van der Waals surface area contributed by atoms with E-state index in [9.17, 15) is 4.79 Å². The molecule has 1 aliphatic carbocycles. The molecule has 30 heavy (non-hydrogen) atoms. The number of amides is 1. The molecule has 6 nitrogen and oxygen atoms in total. The number of anilines is 1. The van der Waals surface area contributed by atoms with E-state index >= 15 is 0 Å². The van der Waals surface area contributed by atoms with Gasteiger partial charge in [-0.15, -0.1) is 24.0 Å². The van der Waals surface area contributed by atoms with Gasteiger partial charge in [0.15, 0.2) is 5.96 Å². The van der Waals surface area contributed by atoms with Gasteiger partial charge in [0.25, 0.3) is 0 Å². The van der Waals surface area contributed by atoms with Crippen LogP contribution >= 0.6 is 24.0 Å². The van der Waals surface area contributed by atoms with Gasteiger partial charge in [-0.05, 0) is 50.3 Å². The lowest BCUT2D eigenvalue weighted by atomic mass is 10.1. The van der Waals surface area contributed by atoms with Gasteiger partial charge in [-0.1, -0.05) is 31.9 Å². The SMILES string of the molecule is CN=C(NCc1cccc(NC(=O)C2CCCC2)c1)NC1CN(C(C)C)CC1C.I. The lowest BCUT2D eigenvalue weighted by Crippen LogP contribution is -2.46. The van der Waals surface area contributed by atoms with Crippen LogP contribution in [0.25, 0.3) is 0 Å². The number of carbonyl (C=O) groups excluding carboxylic acids is 1. The molecular weight excluding hydrogens is 489 g/mol. The number of likely N-dealkylation sites (tertiary alicyclic amines) is 1. The highest BCUT2D eigenvalue weighted by Crippen LogP contribution is 2.26. The molecule has 0 spiro atoms. The van der Waals surface area contributed by atoms with Crippen LogP contribution in [-0.4, -0.2) is 49.0 Å². The summed E-state index contributed by atoms with van der Waals surface area (Å²) >= 11 is 0. The number of aliphatic imine (C=N–C) groups is 1. The molecule has 1 amide bonds. The van der Waals surface area contributed by atoms with Crippen LogP contribution < -0.4 is 16.0 Å². The predicted octanol–water partition coefficient (Wildman–Crippen LogP) is 3.83. The average molecular weight is 527 g/mol. The van der Waals surface area contributed by atoms with Crippen molar-refractivity contribution in [3.05, 3.63) is 29.8 Å². The second kappa shape index (κ2) is 11.9. The quantitative estimate of drug-likeness (QED) is 0.299. The third-order valence-electron chi connectivity index (χ3n) is 6.30. The molecule has 0 radical (unpaired) electrons. The summed E-state index contributed by atoms with van der Waals surface area (Å²) in [7, 11) is 1.81. The number of rotatable bonds is 6. The molecular formula is C23H38IN5O. The van der Waals surface area contributed by atoms with Gasteiger partial charge >= 0.3 is 0 Å². The van der Waals surface area contributed by atoms with Crippen molar-refractivity contribution in [1.82, 2.24) is 15.5 Å². The lowest BCUT2D eigenvalue weighted by Gasteiger charge is -2.22. The number of guanidine groups is 1. The molecule has 3 rings (SSSR count). The zero-order valence-electron chi connectivity index (χ0n) is 18.8. The van der Waals surface area contributed by atoms with Crippen molar-refractivity contribution >= 4 is 41.5 Å². The van der Waals surface area contributed by atoms with Crippen LogP contribution in [0.2, 0.25) is 0 Å². The number of nitrogens with zero attached hydrogens (tertiary/aromatic N) is 2. The summed E-state index contributed by atoms with van der Waals surface area (Å²) in [5.74, 6) is 1.76. The Hall–Kier alpha value is -1.35. The number of benzene rings is 1. The van der Waals surface area contributed by atoms with Crippen molar-refractivity contribution in [2.75, 3.05) is 25.5 Å².